The van der Waals surface area contributed by atoms with Crippen molar-refractivity contribution in [3.05, 3.63) is 33.1 Å². The van der Waals surface area contributed by atoms with E-state index in [1.807, 2.05) is 0 Å². The van der Waals surface area contributed by atoms with Crippen molar-refractivity contribution in [1.29, 1.82) is 0 Å². The first-order valence-corrected chi connectivity index (χ1v) is 6.99. The number of rotatable bonds is 6. The number of nitro groups is 1. The topological polar surface area (TPSA) is 79.5 Å². The zero-order valence-corrected chi connectivity index (χ0v) is 12.0. The second kappa shape index (κ2) is 6.28. The Bertz CT molecular complexity index is 501. The van der Waals surface area contributed by atoms with E-state index in [1.165, 1.54) is 6.42 Å². The molecule has 1 fully saturated rings. The van der Waals surface area contributed by atoms with E-state index in [0.717, 1.165) is 18.5 Å². The predicted molar refractivity (Wildman–Crippen MR) is 75.5 cm³/mol. The van der Waals surface area contributed by atoms with Crippen molar-refractivity contribution in [3.8, 4) is 0 Å². The highest BCUT2D eigenvalue weighted by Crippen LogP contribution is 2.29. The molecule has 20 heavy (non-hydrogen) atoms. The fraction of sp³-hybridized carbons (Fsp3) is 0.643. The molecule has 1 heterocycles. The number of hydrogen-bond acceptors (Lipinski definition) is 5. The van der Waals surface area contributed by atoms with Crippen molar-refractivity contribution in [1.82, 2.24) is 9.88 Å². The van der Waals surface area contributed by atoms with E-state index in [2.05, 4.69) is 9.88 Å². The van der Waals surface area contributed by atoms with Gasteiger partial charge < -0.3 is 5.11 Å². The van der Waals surface area contributed by atoms with Crippen LogP contribution in [0.3, 0.4) is 0 Å². The third kappa shape index (κ3) is 2.96. The molecular formula is C14H21N3O3. The maximum absolute atomic E-state index is 11.1. The van der Waals surface area contributed by atoms with Gasteiger partial charge in [0.25, 0.3) is 5.69 Å². The molecule has 0 atom stereocenters. The van der Waals surface area contributed by atoms with Gasteiger partial charge in [0.2, 0.25) is 0 Å². The molecule has 110 valence electrons. The van der Waals surface area contributed by atoms with Gasteiger partial charge in [0.1, 0.15) is 0 Å². The van der Waals surface area contributed by atoms with Gasteiger partial charge in [-0.25, -0.2) is 0 Å². The highest BCUT2D eigenvalue weighted by atomic mass is 16.6. The predicted octanol–water partition coefficient (Wildman–Crippen LogP) is 1.95. The van der Waals surface area contributed by atoms with Crippen molar-refractivity contribution in [2.75, 3.05) is 13.2 Å². The molecule has 1 N–H and O–H groups in total. The van der Waals surface area contributed by atoms with E-state index in [0.29, 0.717) is 30.3 Å². The summed E-state index contributed by atoms with van der Waals surface area (Å²) in [5, 5.41) is 20.3. The van der Waals surface area contributed by atoms with Crippen LogP contribution in [0.4, 0.5) is 5.69 Å². The molecule has 1 aliphatic rings. The Morgan fingerprint density at radius 2 is 2.20 bits per heavy atom. The first-order valence-electron chi connectivity index (χ1n) is 6.99. The molecule has 1 saturated carbocycles. The fourth-order valence-electron chi connectivity index (χ4n) is 2.67. The Labute approximate surface area is 118 Å². The lowest BCUT2D eigenvalue weighted by atomic mass is 9.91. The molecule has 0 aliphatic heterocycles. The third-order valence-electron chi connectivity index (χ3n) is 4.09. The summed E-state index contributed by atoms with van der Waals surface area (Å²) in [6, 6.07) is 0.476. The molecule has 0 amide bonds. The van der Waals surface area contributed by atoms with Crippen molar-refractivity contribution in [3.63, 3.8) is 0 Å². The molecule has 0 radical (unpaired) electrons. The van der Waals surface area contributed by atoms with E-state index in [-0.39, 0.29) is 17.2 Å². The lowest BCUT2D eigenvalue weighted by Crippen LogP contribution is -2.41. The van der Waals surface area contributed by atoms with Gasteiger partial charge in [-0.05, 0) is 26.7 Å². The average Bonchev–Trinajstić information content (AvgIpc) is 2.30. The molecule has 1 aromatic rings. The van der Waals surface area contributed by atoms with Gasteiger partial charge in [-0.3, -0.25) is 20.0 Å². The molecule has 0 aromatic carbocycles. The number of pyridine rings is 1. The van der Waals surface area contributed by atoms with Crippen LogP contribution >= 0.6 is 0 Å². The monoisotopic (exact) mass is 279 g/mol. The first-order chi connectivity index (χ1) is 9.54. The van der Waals surface area contributed by atoms with Crippen LogP contribution in [-0.2, 0) is 6.54 Å². The summed E-state index contributed by atoms with van der Waals surface area (Å²) in [5.41, 5.74) is 2.13. The van der Waals surface area contributed by atoms with Crippen molar-refractivity contribution in [2.45, 2.75) is 45.7 Å². The minimum atomic E-state index is -0.338. The van der Waals surface area contributed by atoms with Crippen LogP contribution in [0.2, 0.25) is 0 Å². The Morgan fingerprint density at radius 1 is 1.50 bits per heavy atom. The first kappa shape index (κ1) is 14.9. The minimum Gasteiger partial charge on any atom is -0.395 e. The van der Waals surface area contributed by atoms with Crippen LogP contribution in [0.15, 0.2) is 6.20 Å². The average molecular weight is 279 g/mol. The van der Waals surface area contributed by atoms with Gasteiger partial charge in [0.05, 0.1) is 17.2 Å². The minimum absolute atomic E-state index is 0.101. The maximum Gasteiger partial charge on any atom is 0.278 e. The zero-order valence-electron chi connectivity index (χ0n) is 12.0. The van der Waals surface area contributed by atoms with Gasteiger partial charge >= 0.3 is 0 Å². The molecule has 6 nitrogen and oxygen atoms in total. The van der Waals surface area contributed by atoms with E-state index >= 15 is 0 Å². The zero-order chi connectivity index (χ0) is 14.7. The summed E-state index contributed by atoms with van der Waals surface area (Å²) >= 11 is 0. The van der Waals surface area contributed by atoms with Crippen molar-refractivity contribution in [2.24, 2.45) is 0 Å². The highest BCUT2D eigenvalue weighted by molar-refractivity contribution is 5.47. The second-order valence-corrected chi connectivity index (χ2v) is 5.40. The summed E-state index contributed by atoms with van der Waals surface area (Å²) in [4.78, 5) is 17.3. The molecule has 6 heteroatoms. The van der Waals surface area contributed by atoms with Gasteiger partial charge in [-0.2, -0.15) is 0 Å². The number of nitrogens with zero attached hydrogens (tertiary/aromatic N) is 3. The molecule has 1 aliphatic carbocycles. The van der Waals surface area contributed by atoms with E-state index in [1.54, 1.807) is 20.0 Å². The molecular weight excluding hydrogens is 258 g/mol. The van der Waals surface area contributed by atoms with Crippen molar-refractivity contribution >= 4 is 5.69 Å². The van der Waals surface area contributed by atoms with Gasteiger partial charge in [-0.1, -0.05) is 6.42 Å². The fourth-order valence-corrected chi connectivity index (χ4v) is 2.67. The van der Waals surface area contributed by atoms with Crippen LogP contribution in [0, 0.1) is 24.0 Å². The quantitative estimate of drug-likeness (QED) is 0.636. The van der Waals surface area contributed by atoms with E-state index in [4.69, 9.17) is 5.11 Å². The smallest absolute Gasteiger partial charge is 0.278 e. The summed E-state index contributed by atoms with van der Waals surface area (Å²) in [5.74, 6) is 0. The molecule has 0 unspecified atom stereocenters. The van der Waals surface area contributed by atoms with Crippen LogP contribution in [0.25, 0.3) is 0 Å². The van der Waals surface area contributed by atoms with Crippen molar-refractivity contribution < 1.29 is 10.0 Å². The van der Waals surface area contributed by atoms with Gasteiger partial charge in [0.15, 0.2) is 0 Å². The molecule has 2 rings (SSSR count). The van der Waals surface area contributed by atoms with Crippen LogP contribution in [-0.4, -0.2) is 39.1 Å². The van der Waals surface area contributed by atoms with E-state index < -0.39 is 0 Å². The number of aliphatic hydroxyl groups excluding tert-OH is 1. The number of aliphatic hydroxyl groups is 1. The van der Waals surface area contributed by atoms with Crippen LogP contribution in [0.1, 0.15) is 36.1 Å². The lowest BCUT2D eigenvalue weighted by Gasteiger charge is -2.37. The SMILES string of the molecule is Cc1cnc(CN(CCO)C2CCC2)c(C)c1[N+](=O)[O-]. The summed E-state index contributed by atoms with van der Waals surface area (Å²) < 4.78 is 0. The van der Waals surface area contributed by atoms with Crippen LogP contribution < -0.4 is 0 Å². The van der Waals surface area contributed by atoms with E-state index in [9.17, 15) is 10.1 Å². The molecule has 1 aromatic heterocycles. The maximum atomic E-state index is 11.1. The number of aromatic nitrogens is 1. The molecule has 0 saturated heterocycles. The highest BCUT2D eigenvalue weighted by Gasteiger charge is 2.27. The lowest BCUT2D eigenvalue weighted by molar-refractivity contribution is -0.386. The molecule has 0 bridgehead atoms. The van der Waals surface area contributed by atoms with Crippen LogP contribution in [0.5, 0.6) is 0 Å². The normalized spacial score (nSPS) is 15.4. The van der Waals surface area contributed by atoms with Gasteiger partial charge in [0, 0.05) is 36.5 Å². The Hall–Kier alpha value is -1.53. The summed E-state index contributed by atoms with van der Waals surface area (Å²) in [6.07, 6.45) is 5.05. The Kier molecular flexibility index (Phi) is 4.67. The standard InChI is InChI=1S/C14H21N3O3/c1-10-8-15-13(11(2)14(10)17(19)20)9-16(6-7-18)12-4-3-5-12/h8,12,18H,3-7,9H2,1-2H3. The van der Waals surface area contributed by atoms with Gasteiger partial charge in [-0.15, -0.1) is 0 Å². The third-order valence-corrected chi connectivity index (χ3v) is 4.09. The summed E-state index contributed by atoms with van der Waals surface area (Å²) in [6.45, 7) is 4.72. The number of aryl methyl sites for hydroxylation is 1. The Morgan fingerprint density at radius 3 is 2.70 bits per heavy atom. The largest absolute Gasteiger partial charge is 0.395 e. The molecule has 0 spiro atoms. The summed E-state index contributed by atoms with van der Waals surface area (Å²) in [7, 11) is 0. The Balaban J connectivity index is 2.23. The number of hydrogen-bond donors (Lipinski definition) is 1. The second-order valence-electron chi connectivity index (χ2n) is 5.40.